The van der Waals surface area contributed by atoms with Crippen LogP contribution in [0.3, 0.4) is 0 Å². The first-order valence-corrected chi connectivity index (χ1v) is 10.8. The lowest BCUT2D eigenvalue weighted by Gasteiger charge is -2.23. The highest BCUT2D eigenvalue weighted by Crippen LogP contribution is 2.37. The lowest BCUT2D eigenvalue weighted by molar-refractivity contribution is 0.174. The van der Waals surface area contributed by atoms with Gasteiger partial charge in [-0.3, -0.25) is 18.5 Å². The summed E-state index contributed by atoms with van der Waals surface area (Å²) in [5.41, 5.74) is 0.680. The molecule has 2 aliphatic rings. The van der Waals surface area contributed by atoms with Crippen molar-refractivity contribution in [3.63, 3.8) is 0 Å². The quantitative estimate of drug-likeness (QED) is 0.641. The van der Waals surface area contributed by atoms with E-state index in [0.29, 0.717) is 40.2 Å². The van der Waals surface area contributed by atoms with Gasteiger partial charge < -0.3 is 14.8 Å². The number of nitrogens with zero attached hydrogens (tertiary/aromatic N) is 4. The first-order valence-electron chi connectivity index (χ1n) is 10.4. The molecule has 10 heteroatoms. The predicted molar refractivity (Wildman–Crippen MR) is 124 cm³/mol. The second-order valence-electron chi connectivity index (χ2n) is 8.18. The smallest absolute Gasteiger partial charge is 0.332 e. The van der Waals surface area contributed by atoms with Crippen LogP contribution in [0.1, 0.15) is 45.1 Å². The molecular formula is C22H28ClN5O4. The number of ether oxygens (including phenoxy) is 2. The molecule has 1 aromatic carbocycles. The molecule has 0 spiro atoms. The molecule has 1 N–H and O–H groups in total. The Balaban J connectivity index is 0.00000245. The minimum atomic E-state index is -0.410. The third-order valence-electron chi connectivity index (χ3n) is 6.16. The zero-order valence-electron chi connectivity index (χ0n) is 17.5. The minimum Gasteiger partial charge on any atom is -0.454 e. The van der Waals surface area contributed by atoms with E-state index < -0.39 is 5.69 Å². The van der Waals surface area contributed by atoms with Crippen LogP contribution < -0.4 is 26.0 Å². The molecule has 1 saturated carbocycles. The summed E-state index contributed by atoms with van der Waals surface area (Å²) < 4.78 is 15.2. The minimum absolute atomic E-state index is 0. The first kappa shape index (κ1) is 22.3. The average Bonchev–Trinajstić information content (AvgIpc) is 3.36. The fourth-order valence-electron chi connectivity index (χ4n) is 4.39. The van der Waals surface area contributed by atoms with Crippen molar-refractivity contribution in [3.8, 4) is 11.5 Å². The van der Waals surface area contributed by atoms with Gasteiger partial charge >= 0.3 is 5.69 Å². The van der Waals surface area contributed by atoms with Crippen LogP contribution in [0.25, 0.3) is 11.2 Å². The molecule has 172 valence electrons. The summed E-state index contributed by atoms with van der Waals surface area (Å²) in [6.45, 7) is 0.453. The molecule has 1 fully saturated rings. The number of halogens is 1. The third kappa shape index (κ3) is 3.64. The Bertz CT molecular complexity index is 1290. The van der Waals surface area contributed by atoms with E-state index in [1.54, 1.807) is 13.1 Å². The zero-order chi connectivity index (χ0) is 21.7. The summed E-state index contributed by atoms with van der Waals surface area (Å²) in [5, 5.41) is 4.02. The van der Waals surface area contributed by atoms with E-state index in [-0.39, 0.29) is 25.8 Å². The highest BCUT2D eigenvalue weighted by Gasteiger charge is 2.24. The molecular weight excluding hydrogens is 434 g/mol. The lowest BCUT2D eigenvalue weighted by Crippen LogP contribution is -2.37. The molecule has 0 bridgehead atoms. The van der Waals surface area contributed by atoms with Gasteiger partial charge in [0.25, 0.3) is 5.56 Å². The summed E-state index contributed by atoms with van der Waals surface area (Å²) in [7, 11) is 3.10. The molecule has 1 aliphatic carbocycles. The number of rotatable bonds is 4. The number of fused-ring (bicyclic) bond motifs is 2. The van der Waals surface area contributed by atoms with Gasteiger partial charge in [0.05, 0.1) is 6.54 Å². The van der Waals surface area contributed by atoms with Crippen LogP contribution in [0.2, 0.25) is 5.02 Å². The van der Waals surface area contributed by atoms with Crippen molar-refractivity contribution < 1.29 is 9.47 Å². The average molecular weight is 462 g/mol. The van der Waals surface area contributed by atoms with Crippen molar-refractivity contribution in [3.05, 3.63) is 43.6 Å². The van der Waals surface area contributed by atoms with E-state index in [4.69, 9.17) is 21.1 Å². The van der Waals surface area contributed by atoms with Crippen LogP contribution >= 0.6 is 11.6 Å². The summed E-state index contributed by atoms with van der Waals surface area (Å²) in [6.07, 6.45) is 5.64. The predicted octanol–water partition coefficient (Wildman–Crippen LogP) is 3.24. The van der Waals surface area contributed by atoms with Crippen molar-refractivity contribution in [1.82, 2.24) is 18.7 Å². The molecule has 0 unspecified atom stereocenters. The van der Waals surface area contributed by atoms with Gasteiger partial charge in [-0.05, 0) is 24.5 Å². The van der Waals surface area contributed by atoms with Crippen LogP contribution in [0.4, 0.5) is 5.95 Å². The Kier molecular flexibility index (Phi) is 5.94. The van der Waals surface area contributed by atoms with Crippen molar-refractivity contribution in [2.45, 2.75) is 52.1 Å². The second kappa shape index (κ2) is 8.54. The van der Waals surface area contributed by atoms with E-state index >= 15 is 0 Å². The highest BCUT2D eigenvalue weighted by molar-refractivity contribution is 6.31. The summed E-state index contributed by atoms with van der Waals surface area (Å²) in [6, 6.07) is 3.82. The normalized spacial score (nSPS) is 15.7. The molecule has 0 saturated heterocycles. The van der Waals surface area contributed by atoms with E-state index in [0.717, 1.165) is 35.8 Å². The maximum Gasteiger partial charge on any atom is 0.332 e. The molecule has 0 amide bonds. The molecule has 5 rings (SSSR count). The Hall–Kier alpha value is -2.94. The van der Waals surface area contributed by atoms with Gasteiger partial charge in [-0.1, -0.05) is 38.3 Å². The van der Waals surface area contributed by atoms with Gasteiger partial charge in [-0.2, -0.15) is 4.98 Å². The van der Waals surface area contributed by atoms with E-state index in [9.17, 15) is 9.59 Å². The molecule has 3 heterocycles. The Morgan fingerprint density at radius 1 is 1.09 bits per heavy atom. The Morgan fingerprint density at radius 2 is 1.78 bits per heavy atom. The lowest BCUT2D eigenvalue weighted by atomic mass is 9.96. The SMILES string of the molecule is C.Cn1c(=O)c2c(nc(NC3CCCCC3)n2Cc2cc3c(cc2Cl)OCO3)n(C)c1=O. The van der Waals surface area contributed by atoms with Gasteiger partial charge in [-0.25, -0.2) is 4.79 Å². The molecule has 0 radical (unpaired) electrons. The van der Waals surface area contributed by atoms with Gasteiger partial charge in [0.2, 0.25) is 12.7 Å². The number of aryl methyl sites for hydroxylation is 1. The van der Waals surface area contributed by atoms with Gasteiger partial charge in [0.15, 0.2) is 22.7 Å². The fraction of sp³-hybridized carbons (Fsp3) is 0.500. The molecule has 1 aliphatic heterocycles. The Labute approximate surface area is 190 Å². The zero-order valence-corrected chi connectivity index (χ0v) is 18.2. The van der Waals surface area contributed by atoms with Crippen molar-refractivity contribution in [1.29, 1.82) is 0 Å². The number of nitrogens with one attached hydrogen (secondary N) is 1. The van der Waals surface area contributed by atoms with Crippen molar-refractivity contribution >= 4 is 28.7 Å². The number of aromatic nitrogens is 4. The first-order chi connectivity index (χ1) is 14.9. The molecule has 0 atom stereocenters. The molecule has 3 aromatic rings. The molecule has 2 aromatic heterocycles. The number of hydrogen-bond donors (Lipinski definition) is 1. The van der Waals surface area contributed by atoms with Crippen molar-refractivity contribution in [2.24, 2.45) is 14.1 Å². The van der Waals surface area contributed by atoms with E-state index in [1.807, 2.05) is 10.6 Å². The van der Waals surface area contributed by atoms with Crippen LogP contribution in [-0.4, -0.2) is 31.5 Å². The maximum absolute atomic E-state index is 13.1. The topological polar surface area (TPSA) is 92.3 Å². The Morgan fingerprint density at radius 3 is 2.50 bits per heavy atom. The second-order valence-corrected chi connectivity index (χ2v) is 8.58. The van der Waals surface area contributed by atoms with Gasteiger partial charge in [0, 0.05) is 31.2 Å². The van der Waals surface area contributed by atoms with Gasteiger partial charge in [0.1, 0.15) is 0 Å². The summed E-state index contributed by atoms with van der Waals surface area (Å²) >= 11 is 6.52. The number of anilines is 1. The van der Waals surface area contributed by atoms with Gasteiger partial charge in [-0.15, -0.1) is 0 Å². The number of benzene rings is 1. The van der Waals surface area contributed by atoms with E-state index in [2.05, 4.69) is 10.3 Å². The van der Waals surface area contributed by atoms with Crippen LogP contribution in [0, 0.1) is 0 Å². The van der Waals surface area contributed by atoms with E-state index in [1.165, 1.54) is 18.0 Å². The fourth-order valence-corrected chi connectivity index (χ4v) is 4.60. The molecule has 9 nitrogen and oxygen atoms in total. The van der Waals surface area contributed by atoms with Crippen LogP contribution in [0.15, 0.2) is 21.7 Å². The monoisotopic (exact) mass is 461 g/mol. The highest BCUT2D eigenvalue weighted by atomic mass is 35.5. The number of imidazole rings is 1. The van der Waals surface area contributed by atoms with Crippen LogP contribution in [0.5, 0.6) is 11.5 Å². The molecule has 32 heavy (non-hydrogen) atoms. The largest absolute Gasteiger partial charge is 0.454 e. The van der Waals surface area contributed by atoms with Crippen LogP contribution in [-0.2, 0) is 20.6 Å². The number of hydrogen-bond acceptors (Lipinski definition) is 6. The maximum atomic E-state index is 13.1. The third-order valence-corrected chi connectivity index (χ3v) is 6.51. The standard InChI is InChI=1S/C21H24ClN5O4.CH4/c1-25-18-17(19(28)26(2)21(25)29)27(20(24-18)23-13-6-4-3-5-7-13)10-12-8-15-16(9-14(12)22)31-11-30-15;/h8-9,13H,3-7,10-11H2,1-2H3,(H,23,24);1H4. The summed E-state index contributed by atoms with van der Waals surface area (Å²) in [5.74, 6) is 1.78. The van der Waals surface area contributed by atoms with Crippen molar-refractivity contribution in [2.75, 3.05) is 12.1 Å². The summed E-state index contributed by atoms with van der Waals surface area (Å²) in [4.78, 5) is 30.2.